The molecular formula is C14H23N5OS. The van der Waals surface area contributed by atoms with Gasteiger partial charge in [0.05, 0.1) is 0 Å². The van der Waals surface area contributed by atoms with Gasteiger partial charge in [-0.1, -0.05) is 11.4 Å². The standard InChI is InChI=1S/C14H23N5OS/c1-2-6-15-14-12(17-18-21-14)9-19-7-5-11-10(8-19)3-4-13(20)16-11/h10-11,15H,2-9H2,1H3,(H,16,20). The quantitative estimate of drug-likeness (QED) is 0.862. The molecule has 2 fully saturated rings. The number of hydrogen-bond donors (Lipinski definition) is 2. The van der Waals surface area contributed by atoms with Crippen molar-refractivity contribution in [2.45, 2.75) is 45.2 Å². The summed E-state index contributed by atoms with van der Waals surface area (Å²) in [6.07, 6.45) is 3.84. The van der Waals surface area contributed by atoms with Crippen LogP contribution in [0.3, 0.4) is 0 Å². The fourth-order valence-electron chi connectivity index (χ4n) is 3.23. The van der Waals surface area contributed by atoms with Gasteiger partial charge in [0.25, 0.3) is 0 Å². The van der Waals surface area contributed by atoms with Crippen molar-refractivity contribution in [1.82, 2.24) is 19.8 Å². The topological polar surface area (TPSA) is 70.2 Å². The number of carbonyl (C=O) groups excluding carboxylic acids is 1. The van der Waals surface area contributed by atoms with Crippen LogP contribution in [-0.4, -0.2) is 46.1 Å². The zero-order valence-electron chi connectivity index (χ0n) is 12.5. The first-order valence-corrected chi connectivity index (χ1v) is 8.60. The minimum Gasteiger partial charge on any atom is -0.374 e. The highest BCUT2D eigenvalue weighted by atomic mass is 32.1. The van der Waals surface area contributed by atoms with Gasteiger partial charge in [-0.05, 0) is 25.2 Å². The van der Waals surface area contributed by atoms with E-state index in [9.17, 15) is 4.79 Å². The van der Waals surface area contributed by atoms with Crippen LogP contribution in [0.5, 0.6) is 0 Å². The molecule has 1 amide bonds. The molecule has 2 atom stereocenters. The predicted octanol–water partition coefficient (Wildman–Crippen LogP) is 1.46. The number of hydrogen-bond acceptors (Lipinski definition) is 6. The van der Waals surface area contributed by atoms with Crippen molar-refractivity contribution in [2.24, 2.45) is 5.92 Å². The SMILES string of the molecule is CCCNc1snnc1CN1CCC2NC(=O)CCC2C1. The van der Waals surface area contributed by atoms with Crippen molar-refractivity contribution in [2.75, 3.05) is 25.0 Å². The van der Waals surface area contributed by atoms with Crippen LogP contribution in [0.25, 0.3) is 0 Å². The molecule has 116 valence electrons. The van der Waals surface area contributed by atoms with Crippen molar-refractivity contribution < 1.29 is 4.79 Å². The zero-order valence-corrected chi connectivity index (χ0v) is 13.3. The van der Waals surface area contributed by atoms with Gasteiger partial charge in [0.1, 0.15) is 10.7 Å². The molecule has 6 nitrogen and oxygen atoms in total. The smallest absolute Gasteiger partial charge is 0.220 e. The molecule has 2 N–H and O–H groups in total. The molecule has 1 aromatic heterocycles. The Labute approximate surface area is 129 Å². The molecular weight excluding hydrogens is 286 g/mol. The van der Waals surface area contributed by atoms with Gasteiger partial charge < -0.3 is 10.6 Å². The van der Waals surface area contributed by atoms with Crippen LogP contribution in [0.15, 0.2) is 0 Å². The summed E-state index contributed by atoms with van der Waals surface area (Å²) in [5.74, 6) is 0.814. The number of likely N-dealkylation sites (tertiary alicyclic amines) is 1. The molecule has 0 bridgehead atoms. The predicted molar refractivity (Wildman–Crippen MR) is 83.2 cm³/mol. The van der Waals surface area contributed by atoms with Crippen LogP contribution in [0.4, 0.5) is 5.00 Å². The summed E-state index contributed by atoms with van der Waals surface area (Å²) in [5, 5.41) is 11.9. The van der Waals surface area contributed by atoms with Crippen LogP contribution >= 0.6 is 11.5 Å². The van der Waals surface area contributed by atoms with Gasteiger partial charge in [-0.2, -0.15) is 0 Å². The highest BCUT2D eigenvalue weighted by Crippen LogP contribution is 2.27. The second-order valence-electron chi connectivity index (χ2n) is 5.97. The normalized spacial score (nSPS) is 26.2. The molecule has 7 heteroatoms. The van der Waals surface area contributed by atoms with Gasteiger partial charge in [-0.3, -0.25) is 9.69 Å². The lowest BCUT2D eigenvalue weighted by molar-refractivity contribution is -0.125. The maximum atomic E-state index is 11.5. The Balaban J connectivity index is 1.57. The maximum absolute atomic E-state index is 11.5. The first-order chi connectivity index (χ1) is 10.3. The number of fused-ring (bicyclic) bond motifs is 1. The minimum absolute atomic E-state index is 0.222. The van der Waals surface area contributed by atoms with Gasteiger partial charge in [0.2, 0.25) is 5.91 Å². The largest absolute Gasteiger partial charge is 0.374 e. The Kier molecular flexibility index (Phi) is 4.70. The lowest BCUT2D eigenvalue weighted by Crippen LogP contribution is -2.53. The van der Waals surface area contributed by atoms with Crippen LogP contribution in [0.2, 0.25) is 0 Å². The van der Waals surface area contributed by atoms with Crippen LogP contribution in [-0.2, 0) is 11.3 Å². The molecule has 2 aliphatic rings. The minimum atomic E-state index is 0.222. The molecule has 0 aliphatic carbocycles. The summed E-state index contributed by atoms with van der Waals surface area (Å²) in [6.45, 7) is 6.05. The number of nitrogens with zero attached hydrogens (tertiary/aromatic N) is 3. The number of aromatic nitrogens is 2. The van der Waals surface area contributed by atoms with Crippen LogP contribution in [0.1, 0.15) is 38.3 Å². The summed E-state index contributed by atoms with van der Waals surface area (Å²) in [5.41, 5.74) is 1.06. The zero-order chi connectivity index (χ0) is 14.7. The van der Waals surface area contributed by atoms with Gasteiger partial charge in [-0.15, -0.1) is 5.10 Å². The third-order valence-corrected chi connectivity index (χ3v) is 5.10. The number of amides is 1. The van der Waals surface area contributed by atoms with Crippen molar-refractivity contribution in [3.63, 3.8) is 0 Å². The monoisotopic (exact) mass is 309 g/mol. The molecule has 0 radical (unpaired) electrons. The van der Waals surface area contributed by atoms with Gasteiger partial charge in [-0.25, -0.2) is 0 Å². The lowest BCUT2D eigenvalue weighted by Gasteiger charge is -2.41. The Morgan fingerprint density at radius 2 is 2.38 bits per heavy atom. The first-order valence-electron chi connectivity index (χ1n) is 7.83. The fourth-order valence-corrected chi connectivity index (χ4v) is 3.82. The summed E-state index contributed by atoms with van der Waals surface area (Å²) >= 11 is 1.45. The van der Waals surface area contributed by atoms with Crippen molar-refractivity contribution in [1.29, 1.82) is 0 Å². The van der Waals surface area contributed by atoms with Crippen molar-refractivity contribution >= 4 is 22.4 Å². The van der Waals surface area contributed by atoms with E-state index in [1.54, 1.807) is 0 Å². The highest BCUT2D eigenvalue weighted by molar-refractivity contribution is 7.10. The lowest BCUT2D eigenvalue weighted by atomic mass is 9.85. The molecule has 0 aromatic carbocycles. The molecule has 1 aromatic rings. The van der Waals surface area contributed by atoms with Gasteiger partial charge in [0.15, 0.2) is 0 Å². The second-order valence-corrected chi connectivity index (χ2v) is 6.73. The number of nitrogens with one attached hydrogen (secondary N) is 2. The van der Waals surface area contributed by atoms with Crippen molar-refractivity contribution in [3.05, 3.63) is 5.69 Å². The maximum Gasteiger partial charge on any atom is 0.220 e. The third-order valence-electron chi connectivity index (χ3n) is 4.37. The first kappa shape index (κ1) is 14.7. The molecule has 2 saturated heterocycles. The molecule has 3 heterocycles. The van der Waals surface area contributed by atoms with E-state index in [1.807, 2.05) is 0 Å². The summed E-state index contributed by atoms with van der Waals surface area (Å²) in [6, 6.07) is 0.383. The van der Waals surface area contributed by atoms with E-state index in [2.05, 4.69) is 32.0 Å². The average molecular weight is 309 g/mol. The Bertz CT molecular complexity index is 491. The second kappa shape index (κ2) is 6.70. The van der Waals surface area contributed by atoms with E-state index >= 15 is 0 Å². The molecule has 21 heavy (non-hydrogen) atoms. The molecule has 0 spiro atoms. The van der Waals surface area contributed by atoms with E-state index in [-0.39, 0.29) is 5.91 Å². The van der Waals surface area contributed by atoms with E-state index < -0.39 is 0 Å². The fraction of sp³-hybridized carbons (Fsp3) is 0.786. The van der Waals surface area contributed by atoms with Gasteiger partial charge in [0, 0.05) is 50.2 Å². The van der Waals surface area contributed by atoms with E-state index in [0.29, 0.717) is 18.4 Å². The van der Waals surface area contributed by atoms with E-state index in [1.165, 1.54) is 11.5 Å². The Morgan fingerprint density at radius 1 is 1.48 bits per heavy atom. The van der Waals surface area contributed by atoms with Crippen molar-refractivity contribution in [3.8, 4) is 0 Å². The number of carbonyl (C=O) groups is 1. The number of rotatable bonds is 5. The molecule has 2 unspecified atom stereocenters. The Morgan fingerprint density at radius 3 is 3.24 bits per heavy atom. The van der Waals surface area contributed by atoms with E-state index in [0.717, 1.165) is 56.1 Å². The number of piperidine rings is 2. The summed E-state index contributed by atoms with van der Waals surface area (Å²) in [7, 11) is 0. The average Bonchev–Trinajstić information content (AvgIpc) is 2.92. The molecule has 2 aliphatic heterocycles. The highest BCUT2D eigenvalue weighted by Gasteiger charge is 2.34. The summed E-state index contributed by atoms with van der Waals surface area (Å²) < 4.78 is 4.08. The summed E-state index contributed by atoms with van der Waals surface area (Å²) in [4.78, 5) is 13.9. The van der Waals surface area contributed by atoms with Crippen LogP contribution in [0, 0.1) is 5.92 Å². The van der Waals surface area contributed by atoms with Crippen LogP contribution < -0.4 is 10.6 Å². The Hall–Kier alpha value is -1.21. The molecule has 3 rings (SSSR count). The van der Waals surface area contributed by atoms with Gasteiger partial charge >= 0.3 is 0 Å². The number of anilines is 1. The van der Waals surface area contributed by atoms with E-state index in [4.69, 9.17) is 0 Å². The third kappa shape index (κ3) is 3.52. The molecule has 0 saturated carbocycles.